The summed E-state index contributed by atoms with van der Waals surface area (Å²) in [7, 11) is 0. The molecule has 1 aliphatic heterocycles. The van der Waals surface area contributed by atoms with Crippen LogP contribution in [-0.4, -0.2) is 18.2 Å². The molecule has 2 N–H and O–H groups in total. The second-order valence-electron chi connectivity index (χ2n) is 4.08. The van der Waals surface area contributed by atoms with E-state index in [1.165, 1.54) is 12.1 Å². The Morgan fingerprint density at radius 2 is 1.94 bits per heavy atom. The molecule has 18 heavy (non-hydrogen) atoms. The lowest BCUT2D eigenvalue weighted by Gasteiger charge is -2.17. The Labute approximate surface area is 103 Å². The van der Waals surface area contributed by atoms with E-state index in [9.17, 15) is 8.78 Å². The molecule has 1 aliphatic rings. The van der Waals surface area contributed by atoms with Crippen molar-refractivity contribution in [2.45, 2.75) is 20.0 Å². The molecule has 1 heterocycles. The quantitative estimate of drug-likeness (QED) is 0.899. The number of ether oxygens (including phenoxy) is 1. The third kappa shape index (κ3) is 2.82. The van der Waals surface area contributed by atoms with E-state index in [4.69, 9.17) is 5.73 Å². The van der Waals surface area contributed by atoms with Crippen LogP contribution in [0.2, 0.25) is 0 Å². The van der Waals surface area contributed by atoms with Crippen LogP contribution < -0.4 is 10.5 Å². The number of benzene rings is 1. The van der Waals surface area contributed by atoms with Crippen LogP contribution in [0.1, 0.15) is 18.9 Å². The van der Waals surface area contributed by atoms with Crippen molar-refractivity contribution < 1.29 is 13.5 Å². The number of alkyl halides is 2. The molecule has 0 radical (unpaired) electrons. The fourth-order valence-electron chi connectivity index (χ4n) is 1.82. The van der Waals surface area contributed by atoms with Crippen LogP contribution in [0.25, 0.3) is 0 Å². The van der Waals surface area contributed by atoms with Gasteiger partial charge in [0.1, 0.15) is 11.6 Å². The van der Waals surface area contributed by atoms with Gasteiger partial charge in [-0.05, 0) is 29.8 Å². The van der Waals surface area contributed by atoms with E-state index < -0.39 is 6.61 Å². The number of halogens is 2. The molecule has 0 aromatic heterocycles. The lowest BCUT2D eigenvalue weighted by atomic mass is 9.94. The van der Waals surface area contributed by atoms with Crippen molar-refractivity contribution >= 4 is 11.5 Å². The lowest BCUT2D eigenvalue weighted by molar-refractivity contribution is -0.0498. The molecule has 96 valence electrons. The van der Waals surface area contributed by atoms with Crippen LogP contribution >= 0.6 is 0 Å². The minimum absolute atomic E-state index is 0.126. The number of hydrogen-bond donors (Lipinski definition) is 1. The van der Waals surface area contributed by atoms with Crippen LogP contribution in [-0.2, 0) is 0 Å². The van der Waals surface area contributed by atoms with E-state index in [1.807, 2.05) is 6.92 Å². The number of hydrogen-bond acceptors (Lipinski definition) is 4. The summed E-state index contributed by atoms with van der Waals surface area (Å²) in [6.07, 6.45) is 0.647. The Kier molecular flexibility index (Phi) is 3.55. The first-order chi connectivity index (χ1) is 8.56. The fourth-order valence-corrected chi connectivity index (χ4v) is 1.82. The normalized spacial score (nSPS) is 19.4. The maximum Gasteiger partial charge on any atom is 0.387 e. The predicted molar refractivity (Wildman–Crippen MR) is 65.0 cm³/mol. The Balaban J connectivity index is 2.19. The average Bonchev–Trinajstić information content (AvgIpc) is 2.30. The van der Waals surface area contributed by atoms with E-state index >= 15 is 0 Å². The van der Waals surface area contributed by atoms with E-state index in [-0.39, 0.29) is 11.7 Å². The molecule has 1 aromatic rings. The maximum atomic E-state index is 12.0. The topological polar surface area (TPSA) is 60.0 Å². The molecule has 2 rings (SSSR count). The number of amidine groups is 1. The van der Waals surface area contributed by atoms with Gasteiger partial charge in [0, 0.05) is 12.3 Å². The summed E-state index contributed by atoms with van der Waals surface area (Å²) in [5, 5.41) is 7.88. The first kappa shape index (κ1) is 12.5. The zero-order chi connectivity index (χ0) is 13.1. The van der Waals surface area contributed by atoms with Crippen molar-refractivity contribution in [2.24, 2.45) is 21.9 Å². The predicted octanol–water partition coefficient (Wildman–Crippen LogP) is 2.39. The van der Waals surface area contributed by atoms with Gasteiger partial charge in [-0.25, -0.2) is 0 Å². The molecule has 4 nitrogen and oxygen atoms in total. The molecule has 0 amide bonds. The van der Waals surface area contributed by atoms with Crippen LogP contribution in [0.3, 0.4) is 0 Å². The van der Waals surface area contributed by atoms with Gasteiger partial charge in [-0.2, -0.15) is 13.9 Å². The van der Waals surface area contributed by atoms with E-state index in [0.29, 0.717) is 12.3 Å². The Morgan fingerprint density at radius 1 is 1.28 bits per heavy atom. The van der Waals surface area contributed by atoms with E-state index in [1.54, 1.807) is 12.1 Å². The summed E-state index contributed by atoms with van der Waals surface area (Å²) in [6.45, 7) is -0.824. The van der Waals surface area contributed by atoms with Gasteiger partial charge >= 0.3 is 6.61 Å². The van der Waals surface area contributed by atoms with Crippen molar-refractivity contribution in [1.29, 1.82) is 0 Å². The largest absolute Gasteiger partial charge is 0.435 e. The first-order valence-corrected chi connectivity index (χ1v) is 5.51. The molecule has 0 fully saturated rings. The van der Waals surface area contributed by atoms with Gasteiger partial charge in [-0.15, -0.1) is 5.10 Å². The number of nitrogens with zero attached hydrogens (tertiary/aromatic N) is 2. The highest BCUT2D eigenvalue weighted by atomic mass is 19.3. The van der Waals surface area contributed by atoms with Crippen molar-refractivity contribution in [3.05, 3.63) is 29.8 Å². The molecule has 1 unspecified atom stereocenters. The van der Waals surface area contributed by atoms with Gasteiger partial charge in [0.25, 0.3) is 0 Å². The highest BCUT2D eigenvalue weighted by Gasteiger charge is 2.18. The third-order valence-corrected chi connectivity index (χ3v) is 2.64. The molecule has 0 bridgehead atoms. The zero-order valence-corrected chi connectivity index (χ0v) is 9.81. The zero-order valence-electron chi connectivity index (χ0n) is 9.81. The summed E-state index contributed by atoms with van der Waals surface area (Å²) >= 11 is 0. The van der Waals surface area contributed by atoms with Gasteiger partial charge in [0.15, 0.2) is 0 Å². The highest BCUT2D eigenvalue weighted by molar-refractivity contribution is 6.05. The smallest absolute Gasteiger partial charge is 0.387 e. The van der Waals surface area contributed by atoms with Crippen LogP contribution in [0, 0.1) is 5.92 Å². The average molecular weight is 253 g/mol. The Hall–Kier alpha value is -1.98. The first-order valence-electron chi connectivity index (χ1n) is 5.51. The van der Waals surface area contributed by atoms with Crippen molar-refractivity contribution in [2.75, 3.05) is 0 Å². The summed E-state index contributed by atoms with van der Waals surface area (Å²) in [6, 6.07) is 6.34. The fraction of sp³-hybridized carbons (Fsp3) is 0.333. The molecule has 0 spiro atoms. The minimum atomic E-state index is -2.81. The van der Waals surface area contributed by atoms with Gasteiger partial charge in [0.05, 0.1) is 5.71 Å². The lowest BCUT2D eigenvalue weighted by Crippen LogP contribution is -2.25. The van der Waals surface area contributed by atoms with Crippen molar-refractivity contribution in [3.63, 3.8) is 0 Å². The second kappa shape index (κ2) is 5.12. The SMILES string of the molecule is CC1CC(N)=NN=C1c1ccc(OC(F)F)cc1. The molecule has 0 saturated carbocycles. The molecule has 1 aromatic carbocycles. The molecule has 6 heteroatoms. The summed E-state index contributed by atoms with van der Waals surface area (Å²) in [5.74, 6) is 0.786. The minimum Gasteiger partial charge on any atom is -0.435 e. The molecule has 1 atom stereocenters. The molecular weight excluding hydrogens is 240 g/mol. The summed E-state index contributed by atoms with van der Waals surface area (Å²) < 4.78 is 28.3. The number of rotatable bonds is 3. The molecule has 0 saturated heterocycles. The summed E-state index contributed by atoms with van der Waals surface area (Å²) in [5.41, 5.74) is 7.22. The van der Waals surface area contributed by atoms with Gasteiger partial charge in [-0.3, -0.25) is 0 Å². The van der Waals surface area contributed by atoms with Crippen LogP contribution in [0.15, 0.2) is 34.5 Å². The Bertz CT molecular complexity index is 483. The van der Waals surface area contributed by atoms with Gasteiger partial charge in [0.2, 0.25) is 0 Å². The monoisotopic (exact) mass is 253 g/mol. The highest BCUT2D eigenvalue weighted by Crippen LogP contribution is 2.20. The standard InChI is InChI=1S/C12H13F2N3O/c1-7-6-10(15)16-17-11(7)8-2-4-9(5-3-8)18-12(13)14/h2-5,7,12H,6H2,1H3,(H2,15,16). The van der Waals surface area contributed by atoms with Crippen molar-refractivity contribution in [3.8, 4) is 5.75 Å². The van der Waals surface area contributed by atoms with Crippen LogP contribution in [0.5, 0.6) is 5.75 Å². The maximum absolute atomic E-state index is 12.0. The summed E-state index contributed by atoms with van der Waals surface area (Å²) in [4.78, 5) is 0. The number of nitrogens with two attached hydrogens (primary N) is 1. The Morgan fingerprint density at radius 3 is 2.50 bits per heavy atom. The molecule has 0 aliphatic carbocycles. The van der Waals surface area contributed by atoms with Gasteiger partial charge < -0.3 is 10.5 Å². The van der Waals surface area contributed by atoms with E-state index in [2.05, 4.69) is 14.9 Å². The van der Waals surface area contributed by atoms with Crippen molar-refractivity contribution in [1.82, 2.24) is 0 Å². The second-order valence-corrected chi connectivity index (χ2v) is 4.08. The molecular formula is C12H13F2N3O. The van der Waals surface area contributed by atoms with E-state index in [0.717, 1.165) is 11.3 Å². The third-order valence-electron chi connectivity index (χ3n) is 2.64. The van der Waals surface area contributed by atoms with Gasteiger partial charge in [-0.1, -0.05) is 6.92 Å². The van der Waals surface area contributed by atoms with Crippen LogP contribution in [0.4, 0.5) is 8.78 Å².